The molecule has 3 heteroatoms. The standard InChI is InChI=1S/C11H22N2O/c1-9(2)13-11(14)12-8-10-6-4-3-5-7-10/h9-10H,3-8H2,1-2H3,(H2,12,13,14). The van der Waals surface area contributed by atoms with Crippen LogP contribution in [0, 0.1) is 5.92 Å². The molecule has 2 amide bonds. The first-order valence-corrected chi connectivity index (χ1v) is 5.73. The van der Waals surface area contributed by atoms with Crippen LogP contribution in [-0.4, -0.2) is 18.6 Å². The lowest BCUT2D eigenvalue weighted by atomic mass is 9.89. The highest BCUT2D eigenvalue weighted by Gasteiger charge is 2.14. The third-order valence-electron chi connectivity index (χ3n) is 2.70. The average molecular weight is 198 g/mol. The van der Waals surface area contributed by atoms with Crippen LogP contribution < -0.4 is 10.6 Å². The Kier molecular flexibility index (Phi) is 4.77. The SMILES string of the molecule is CC(C)NC(=O)NCC1CCCCC1. The van der Waals surface area contributed by atoms with Gasteiger partial charge in [-0.1, -0.05) is 19.3 Å². The first-order chi connectivity index (χ1) is 6.68. The van der Waals surface area contributed by atoms with Gasteiger partial charge >= 0.3 is 6.03 Å². The average Bonchev–Trinajstić information content (AvgIpc) is 2.15. The Bertz CT molecular complexity index is 174. The van der Waals surface area contributed by atoms with Crippen LogP contribution >= 0.6 is 0 Å². The van der Waals surface area contributed by atoms with Crippen LogP contribution in [-0.2, 0) is 0 Å². The van der Waals surface area contributed by atoms with E-state index in [2.05, 4.69) is 10.6 Å². The molecule has 82 valence electrons. The molecule has 0 radical (unpaired) electrons. The summed E-state index contributed by atoms with van der Waals surface area (Å²) in [4.78, 5) is 11.3. The van der Waals surface area contributed by atoms with Crippen molar-refractivity contribution in [3.8, 4) is 0 Å². The maximum absolute atomic E-state index is 11.3. The number of hydrogen-bond acceptors (Lipinski definition) is 1. The molecule has 0 atom stereocenters. The quantitative estimate of drug-likeness (QED) is 0.717. The van der Waals surface area contributed by atoms with E-state index in [4.69, 9.17) is 0 Å². The zero-order valence-electron chi connectivity index (χ0n) is 9.31. The second-order valence-electron chi connectivity index (χ2n) is 4.51. The smallest absolute Gasteiger partial charge is 0.314 e. The number of hydrogen-bond donors (Lipinski definition) is 2. The second kappa shape index (κ2) is 5.89. The Morgan fingerprint density at radius 1 is 1.29 bits per heavy atom. The van der Waals surface area contributed by atoms with Gasteiger partial charge in [-0.05, 0) is 32.6 Å². The number of amides is 2. The molecule has 1 rings (SSSR count). The van der Waals surface area contributed by atoms with Crippen LogP contribution in [0.5, 0.6) is 0 Å². The van der Waals surface area contributed by atoms with E-state index in [9.17, 15) is 4.79 Å². The van der Waals surface area contributed by atoms with E-state index < -0.39 is 0 Å². The van der Waals surface area contributed by atoms with Crippen LogP contribution in [0.1, 0.15) is 46.0 Å². The maximum atomic E-state index is 11.3. The molecule has 14 heavy (non-hydrogen) atoms. The fourth-order valence-corrected chi connectivity index (χ4v) is 1.94. The molecule has 0 aromatic rings. The predicted molar refractivity (Wildman–Crippen MR) is 58.2 cm³/mol. The van der Waals surface area contributed by atoms with Crippen LogP contribution in [0.3, 0.4) is 0 Å². The normalized spacial score (nSPS) is 18.2. The minimum Gasteiger partial charge on any atom is -0.338 e. The number of urea groups is 1. The minimum atomic E-state index is -0.0226. The first-order valence-electron chi connectivity index (χ1n) is 5.73. The largest absolute Gasteiger partial charge is 0.338 e. The van der Waals surface area contributed by atoms with Gasteiger partial charge in [0.1, 0.15) is 0 Å². The van der Waals surface area contributed by atoms with Gasteiger partial charge < -0.3 is 10.6 Å². The van der Waals surface area contributed by atoms with E-state index in [1.54, 1.807) is 0 Å². The van der Waals surface area contributed by atoms with Crippen molar-refractivity contribution in [1.29, 1.82) is 0 Å². The minimum absolute atomic E-state index is 0.0226. The van der Waals surface area contributed by atoms with E-state index in [-0.39, 0.29) is 12.1 Å². The van der Waals surface area contributed by atoms with E-state index in [1.165, 1.54) is 32.1 Å². The van der Waals surface area contributed by atoms with Crippen molar-refractivity contribution >= 4 is 6.03 Å². The number of carbonyl (C=O) groups is 1. The van der Waals surface area contributed by atoms with Crippen molar-refractivity contribution in [2.45, 2.75) is 52.0 Å². The summed E-state index contributed by atoms with van der Waals surface area (Å²) in [5, 5.41) is 5.77. The molecule has 0 aliphatic heterocycles. The first kappa shape index (κ1) is 11.3. The van der Waals surface area contributed by atoms with E-state index >= 15 is 0 Å². The third-order valence-corrected chi connectivity index (χ3v) is 2.70. The highest BCUT2D eigenvalue weighted by Crippen LogP contribution is 2.22. The summed E-state index contributed by atoms with van der Waals surface area (Å²) in [6, 6.07) is 0.201. The van der Waals surface area contributed by atoms with Crippen molar-refractivity contribution in [3.63, 3.8) is 0 Å². The molecule has 1 fully saturated rings. The van der Waals surface area contributed by atoms with Gasteiger partial charge in [0.25, 0.3) is 0 Å². The molecule has 0 spiro atoms. The fraction of sp³-hybridized carbons (Fsp3) is 0.909. The lowest BCUT2D eigenvalue weighted by Crippen LogP contribution is -2.41. The van der Waals surface area contributed by atoms with Gasteiger partial charge in [0.05, 0.1) is 0 Å². The zero-order chi connectivity index (χ0) is 10.4. The molecule has 1 aliphatic rings. The van der Waals surface area contributed by atoms with Crippen LogP contribution in [0.15, 0.2) is 0 Å². The van der Waals surface area contributed by atoms with Crippen molar-refractivity contribution in [3.05, 3.63) is 0 Å². The van der Waals surface area contributed by atoms with Gasteiger partial charge in [0.15, 0.2) is 0 Å². The molecular weight excluding hydrogens is 176 g/mol. The zero-order valence-corrected chi connectivity index (χ0v) is 9.31. The van der Waals surface area contributed by atoms with Gasteiger partial charge in [-0.3, -0.25) is 0 Å². The van der Waals surface area contributed by atoms with Crippen molar-refractivity contribution in [1.82, 2.24) is 10.6 Å². The molecule has 1 aliphatic carbocycles. The highest BCUT2D eigenvalue weighted by atomic mass is 16.2. The van der Waals surface area contributed by atoms with Gasteiger partial charge in [0.2, 0.25) is 0 Å². The molecule has 0 aromatic heterocycles. The third kappa shape index (κ3) is 4.49. The Morgan fingerprint density at radius 2 is 1.93 bits per heavy atom. The van der Waals surface area contributed by atoms with Gasteiger partial charge in [-0.25, -0.2) is 4.79 Å². The summed E-state index contributed by atoms with van der Waals surface area (Å²) < 4.78 is 0. The number of nitrogens with one attached hydrogen (secondary N) is 2. The van der Waals surface area contributed by atoms with Crippen LogP contribution in [0.2, 0.25) is 0 Å². The molecule has 0 aromatic carbocycles. The summed E-state index contributed by atoms with van der Waals surface area (Å²) >= 11 is 0. The van der Waals surface area contributed by atoms with E-state index in [0.29, 0.717) is 5.92 Å². The maximum Gasteiger partial charge on any atom is 0.314 e. The summed E-state index contributed by atoms with van der Waals surface area (Å²) in [5.41, 5.74) is 0. The van der Waals surface area contributed by atoms with Gasteiger partial charge in [-0.2, -0.15) is 0 Å². The van der Waals surface area contributed by atoms with Crippen molar-refractivity contribution in [2.24, 2.45) is 5.92 Å². The van der Waals surface area contributed by atoms with Crippen LogP contribution in [0.25, 0.3) is 0 Å². The number of carbonyl (C=O) groups excluding carboxylic acids is 1. The van der Waals surface area contributed by atoms with Crippen molar-refractivity contribution < 1.29 is 4.79 Å². The molecular formula is C11H22N2O. The monoisotopic (exact) mass is 198 g/mol. The molecule has 1 saturated carbocycles. The summed E-state index contributed by atoms with van der Waals surface area (Å²) in [6.07, 6.45) is 6.59. The predicted octanol–water partition coefficient (Wildman–Crippen LogP) is 2.27. The Hall–Kier alpha value is -0.730. The highest BCUT2D eigenvalue weighted by molar-refractivity contribution is 5.74. The summed E-state index contributed by atoms with van der Waals surface area (Å²) in [7, 11) is 0. The lowest BCUT2D eigenvalue weighted by Gasteiger charge is -2.22. The van der Waals surface area contributed by atoms with E-state index in [1.807, 2.05) is 13.8 Å². The molecule has 0 heterocycles. The van der Waals surface area contributed by atoms with Gasteiger partial charge in [0, 0.05) is 12.6 Å². The molecule has 0 bridgehead atoms. The Morgan fingerprint density at radius 3 is 2.50 bits per heavy atom. The summed E-state index contributed by atoms with van der Waals surface area (Å²) in [5.74, 6) is 0.710. The molecule has 3 nitrogen and oxygen atoms in total. The molecule has 0 unspecified atom stereocenters. The number of rotatable bonds is 3. The second-order valence-corrected chi connectivity index (χ2v) is 4.51. The summed E-state index contributed by atoms with van der Waals surface area (Å²) in [6.45, 7) is 4.79. The Balaban J connectivity index is 2.09. The Labute approximate surface area is 86.6 Å². The molecule has 0 saturated heterocycles. The van der Waals surface area contributed by atoms with Gasteiger partial charge in [-0.15, -0.1) is 0 Å². The van der Waals surface area contributed by atoms with Crippen molar-refractivity contribution in [2.75, 3.05) is 6.54 Å². The fourth-order valence-electron chi connectivity index (χ4n) is 1.94. The van der Waals surface area contributed by atoms with E-state index in [0.717, 1.165) is 6.54 Å². The lowest BCUT2D eigenvalue weighted by molar-refractivity contribution is 0.234. The van der Waals surface area contributed by atoms with Crippen LogP contribution in [0.4, 0.5) is 4.79 Å². The topological polar surface area (TPSA) is 41.1 Å². The molecule has 2 N–H and O–H groups in total.